The number of nitrogens with one attached hydrogen (secondary N) is 1. The Labute approximate surface area is 140 Å². The van der Waals surface area contributed by atoms with Gasteiger partial charge < -0.3 is 9.88 Å². The van der Waals surface area contributed by atoms with Crippen molar-refractivity contribution in [2.45, 2.75) is 18.0 Å². The number of hydrogen-bond acceptors (Lipinski definition) is 4. The van der Waals surface area contributed by atoms with Crippen LogP contribution in [0.4, 0.5) is 5.69 Å². The first-order chi connectivity index (χ1) is 11.4. The number of anilines is 1. The highest BCUT2D eigenvalue weighted by atomic mass is 32.2. The molecule has 2 heterocycles. The first kappa shape index (κ1) is 16.2. The second-order valence-electron chi connectivity index (χ2n) is 5.52. The van der Waals surface area contributed by atoms with Crippen LogP contribution in [-0.2, 0) is 21.2 Å². The van der Waals surface area contributed by atoms with Crippen LogP contribution in [0.15, 0.2) is 59.9 Å². The normalized spacial score (nSPS) is 11.5. The van der Waals surface area contributed by atoms with Crippen molar-refractivity contribution in [3.8, 4) is 0 Å². The lowest BCUT2D eigenvalue weighted by atomic mass is 10.2. The molecule has 0 bridgehead atoms. The molecule has 3 rings (SSSR count). The predicted molar refractivity (Wildman–Crippen MR) is 92.5 cm³/mol. The number of nitrogens with zero attached hydrogens (tertiary/aromatic N) is 2. The van der Waals surface area contributed by atoms with E-state index in [1.54, 1.807) is 0 Å². The van der Waals surface area contributed by atoms with Crippen LogP contribution in [0, 0.1) is 0 Å². The maximum Gasteiger partial charge on any atom is 0.226 e. The molecule has 0 aliphatic rings. The summed E-state index contributed by atoms with van der Waals surface area (Å²) in [5.74, 6) is -0.151. The van der Waals surface area contributed by atoms with E-state index in [4.69, 9.17) is 0 Å². The Morgan fingerprint density at radius 1 is 1.17 bits per heavy atom. The summed E-state index contributed by atoms with van der Waals surface area (Å²) >= 11 is 0. The highest BCUT2D eigenvalue weighted by Gasteiger charge is 2.09. The van der Waals surface area contributed by atoms with Crippen molar-refractivity contribution in [1.82, 2.24) is 9.55 Å². The maximum absolute atomic E-state index is 12.1. The van der Waals surface area contributed by atoms with Crippen LogP contribution in [0.5, 0.6) is 0 Å². The number of aryl methyl sites for hydroxylation is 1. The van der Waals surface area contributed by atoms with Crippen molar-refractivity contribution in [2.75, 3.05) is 11.6 Å². The van der Waals surface area contributed by atoms with Gasteiger partial charge in [0.2, 0.25) is 5.91 Å². The van der Waals surface area contributed by atoms with Gasteiger partial charge >= 0.3 is 0 Å². The van der Waals surface area contributed by atoms with Gasteiger partial charge in [-0.25, -0.2) is 13.4 Å². The van der Waals surface area contributed by atoms with Crippen molar-refractivity contribution < 1.29 is 13.2 Å². The summed E-state index contributed by atoms with van der Waals surface area (Å²) in [7, 11) is -3.34. The number of carbonyl (C=O) groups is 1. The number of hydrogen-bond donors (Lipinski definition) is 1. The van der Waals surface area contributed by atoms with Crippen LogP contribution in [0.2, 0.25) is 0 Å². The topological polar surface area (TPSA) is 81.1 Å². The summed E-state index contributed by atoms with van der Waals surface area (Å²) in [4.78, 5) is 15.9. The minimum Gasteiger partial charge on any atom is -0.347 e. The van der Waals surface area contributed by atoms with Crippen molar-refractivity contribution in [1.29, 1.82) is 0 Å². The van der Waals surface area contributed by atoms with Crippen LogP contribution in [-0.4, -0.2) is 30.1 Å². The Hall–Kier alpha value is -2.67. The number of sulfone groups is 1. The van der Waals surface area contributed by atoms with Crippen LogP contribution in [0.1, 0.15) is 6.42 Å². The smallest absolute Gasteiger partial charge is 0.226 e. The van der Waals surface area contributed by atoms with Gasteiger partial charge in [-0.15, -0.1) is 0 Å². The van der Waals surface area contributed by atoms with E-state index in [1.165, 1.54) is 18.3 Å². The Kier molecular flexibility index (Phi) is 4.35. The number of carbonyl (C=O) groups excluding carboxylic acids is 1. The Bertz CT molecular complexity index is 976. The largest absolute Gasteiger partial charge is 0.347 e. The van der Waals surface area contributed by atoms with Gasteiger partial charge in [-0.2, -0.15) is 0 Å². The van der Waals surface area contributed by atoms with Crippen LogP contribution >= 0.6 is 0 Å². The zero-order valence-electron chi connectivity index (χ0n) is 13.1. The van der Waals surface area contributed by atoms with Crippen molar-refractivity contribution in [2.24, 2.45) is 0 Å². The quantitative estimate of drug-likeness (QED) is 0.772. The van der Waals surface area contributed by atoms with Crippen molar-refractivity contribution >= 4 is 32.3 Å². The molecule has 0 saturated heterocycles. The molecule has 0 unspecified atom stereocenters. The van der Waals surface area contributed by atoms with E-state index < -0.39 is 9.84 Å². The number of amides is 1. The van der Waals surface area contributed by atoms with Crippen LogP contribution in [0.25, 0.3) is 10.9 Å². The molecule has 1 N–H and O–H groups in total. The van der Waals surface area contributed by atoms with Crippen molar-refractivity contribution in [3.63, 3.8) is 0 Å². The zero-order chi connectivity index (χ0) is 17.2. The summed E-state index contributed by atoms with van der Waals surface area (Å²) < 4.78 is 24.7. The zero-order valence-corrected chi connectivity index (χ0v) is 14.0. The number of benzene rings is 1. The van der Waals surface area contributed by atoms with Gasteiger partial charge in [-0.3, -0.25) is 4.79 Å². The number of rotatable bonds is 5. The van der Waals surface area contributed by atoms with Gasteiger partial charge in [0, 0.05) is 30.9 Å². The molecular formula is C17H17N3O3S. The minimum atomic E-state index is -3.34. The van der Waals surface area contributed by atoms with Gasteiger partial charge in [0.25, 0.3) is 0 Å². The first-order valence-electron chi connectivity index (χ1n) is 7.43. The fourth-order valence-corrected chi connectivity index (χ4v) is 3.01. The number of pyridine rings is 1. The third kappa shape index (κ3) is 3.62. The number of para-hydroxylation sites is 1. The van der Waals surface area contributed by atoms with Gasteiger partial charge in [0.1, 0.15) is 0 Å². The molecule has 0 radical (unpaired) electrons. The summed E-state index contributed by atoms with van der Waals surface area (Å²) in [5.41, 5.74) is 1.56. The van der Waals surface area contributed by atoms with E-state index in [0.29, 0.717) is 18.7 Å². The van der Waals surface area contributed by atoms with Gasteiger partial charge in [0.15, 0.2) is 14.9 Å². The van der Waals surface area contributed by atoms with Crippen molar-refractivity contribution in [3.05, 3.63) is 54.9 Å². The molecule has 0 atom stereocenters. The summed E-state index contributed by atoms with van der Waals surface area (Å²) in [6, 6.07) is 12.9. The monoisotopic (exact) mass is 343 g/mol. The molecule has 0 fully saturated rings. The second kappa shape index (κ2) is 6.45. The molecule has 3 aromatic rings. The Morgan fingerprint density at radius 3 is 2.67 bits per heavy atom. The minimum absolute atomic E-state index is 0.0145. The lowest BCUT2D eigenvalue weighted by Gasteiger charge is -2.07. The summed E-state index contributed by atoms with van der Waals surface area (Å²) in [5, 5.41) is 3.84. The van der Waals surface area contributed by atoms with E-state index in [-0.39, 0.29) is 10.9 Å². The molecule has 0 aliphatic carbocycles. The van der Waals surface area contributed by atoms with Gasteiger partial charge in [-0.1, -0.05) is 18.2 Å². The van der Waals surface area contributed by atoms with E-state index in [1.807, 2.05) is 41.1 Å². The number of fused-ring (bicyclic) bond motifs is 1. The molecule has 7 heteroatoms. The molecule has 1 aromatic carbocycles. The van der Waals surface area contributed by atoms with Gasteiger partial charge in [-0.05, 0) is 29.7 Å². The lowest BCUT2D eigenvalue weighted by Crippen LogP contribution is -2.14. The molecule has 0 aliphatic heterocycles. The Morgan fingerprint density at radius 2 is 1.96 bits per heavy atom. The molecule has 6 nitrogen and oxygen atoms in total. The van der Waals surface area contributed by atoms with E-state index in [0.717, 1.165) is 17.2 Å². The van der Waals surface area contributed by atoms with E-state index in [9.17, 15) is 13.2 Å². The van der Waals surface area contributed by atoms with E-state index >= 15 is 0 Å². The Balaban J connectivity index is 1.62. The molecule has 0 spiro atoms. The summed E-state index contributed by atoms with van der Waals surface area (Å²) in [6.07, 6.45) is 4.71. The number of aromatic nitrogens is 2. The average molecular weight is 343 g/mol. The van der Waals surface area contributed by atoms with Crippen LogP contribution in [0.3, 0.4) is 0 Å². The maximum atomic E-state index is 12.1. The van der Waals surface area contributed by atoms with E-state index in [2.05, 4.69) is 10.3 Å². The molecule has 124 valence electrons. The fraction of sp³-hybridized carbons (Fsp3) is 0.176. The lowest BCUT2D eigenvalue weighted by molar-refractivity contribution is -0.116. The van der Waals surface area contributed by atoms with Crippen LogP contribution < -0.4 is 5.32 Å². The predicted octanol–water partition coefficient (Wildman–Crippen LogP) is 2.47. The SMILES string of the molecule is CS(=O)(=O)c1ccc(NC(=O)CCn2ccc3ccccc32)cn1. The third-order valence-corrected chi connectivity index (χ3v) is 4.66. The molecule has 24 heavy (non-hydrogen) atoms. The molecule has 1 amide bonds. The second-order valence-corrected chi connectivity index (χ2v) is 7.49. The highest BCUT2D eigenvalue weighted by Crippen LogP contribution is 2.16. The standard InChI is InChI=1S/C17H17N3O3S/c1-24(22,23)17-7-6-14(12-18-17)19-16(21)9-11-20-10-8-13-4-2-3-5-15(13)20/h2-8,10,12H,9,11H2,1H3,(H,19,21). The molecular weight excluding hydrogens is 326 g/mol. The molecule has 2 aromatic heterocycles. The highest BCUT2D eigenvalue weighted by molar-refractivity contribution is 7.90. The fourth-order valence-electron chi connectivity index (χ4n) is 2.45. The first-order valence-corrected chi connectivity index (χ1v) is 9.32. The van der Waals surface area contributed by atoms with Gasteiger partial charge in [0.05, 0.1) is 11.9 Å². The molecule has 0 saturated carbocycles. The summed E-state index contributed by atoms with van der Waals surface area (Å²) in [6.45, 7) is 0.564. The third-order valence-electron chi connectivity index (χ3n) is 3.66. The average Bonchev–Trinajstić information content (AvgIpc) is 2.96.